The van der Waals surface area contributed by atoms with E-state index in [1.54, 1.807) is 6.20 Å². The second kappa shape index (κ2) is 9.00. The Morgan fingerprint density at radius 2 is 1.96 bits per heavy atom. The van der Waals surface area contributed by atoms with Crippen molar-refractivity contribution in [2.75, 3.05) is 45.9 Å². The molecule has 9 nitrogen and oxygen atoms in total. The number of hydrogen-bond donors (Lipinski definition) is 1. The lowest BCUT2D eigenvalue weighted by Gasteiger charge is -2.38. The molecule has 0 radical (unpaired) electrons. The van der Waals surface area contributed by atoms with E-state index in [0.29, 0.717) is 19.0 Å². The van der Waals surface area contributed by atoms with E-state index >= 15 is 0 Å². The number of carbonyl (C=O) groups is 2. The minimum absolute atomic E-state index is 0.0607. The Labute approximate surface area is 165 Å². The maximum Gasteiger partial charge on any atom is 0.248 e. The van der Waals surface area contributed by atoms with Gasteiger partial charge in [0.1, 0.15) is 13.2 Å². The van der Waals surface area contributed by atoms with Gasteiger partial charge in [-0.15, -0.1) is 5.10 Å². The fourth-order valence-corrected chi connectivity index (χ4v) is 4.06. The molecule has 0 aromatic carbocycles. The van der Waals surface area contributed by atoms with Gasteiger partial charge >= 0.3 is 0 Å². The molecule has 1 aromatic rings. The number of rotatable bonds is 8. The van der Waals surface area contributed by atoms with Gasteiger partial charge in [0.25, 0.3) is 0 Å². The van der Waals surface area contributed by atoms with Crippen molar-refractivity contribution in [2.24, 2.45) is 11.8 Å². The number of ether oxygens (including phenoxy) is 1. The standard InChI is InChI=1S/C19H30N6O3/c26-18(13-25-8-5-21-22-25)20-9-17-12-24(19(27)14-28-17)11-16-3-6-23(7-4-16)10-15-1-2-15/h5,8,15-17H,1-4,6-7,9-14H2,(H,20,26). The van der Waals surface area contributed by atoms with Crippen LogP contribution in [0.15, 0.2) is 12.4 Å². The molecule has 1 atom stereocenters. The smallest absolute Gasteiger partial charge is 0.248 e. The minimum atomic E-state index is -0.160. The van der Waals surface area contributed by atoms with Crippen molar-refractivity contribution in [2.45, 2.75) is 38.3 Å². The van der Waals surface area contributed by atoms with E-state index in [4.69, 9.17) is 4.74 Å². The molecule has 4 rings (SSSR count). The monoisotopic (exact) mass is 390 g/mol. The van der Waals surface area contributed by atoms with Crippen molar-refractivity contribution >= 4 is 11.8 Å². The average molecular weight is 390 g/mol. The molecule has 1 N–H and O–H groups in total. The normalized spacial score (nSPS) is 24.5. The highest BCUT2D eigenvalue weighted by Crippen LogP contribution is 2.31. The van der Waals surface area contributed by atoms with Gasteiger partial charge in [0.15, 0.2) is 0 Å². The van der Waals surface area contributed by atoms with Crippen LogP contribution in [-0.4, -0.2) is 88.6 Å². The number of aromatic nitrogens is 3. The quantitative estimate of drug-likeness (QED) is 0.658. The molecule has 9 heteroatoms. The zero-order valence-corrected chi connectivity index (χ0v) is 16.3. The number of likely N-dealkylation sites (tertiary alicyclic amines) is 1. The summed E-state index contributed by atoms with van der Waals surface area (Å²) in [4.78, 5) is 28.8. The molecular formula is C19H30N6O3. The van der Waals surface area contributed by atoms with Crippen LogP contribution in [0.5, 0.6) is 0 Å². The highest BCUT2D eigenvalue weighted by Gasteiger charge is 2.31. The summed E-state index contributed by atoms with van der Waals surface area (Å²) < 4.78 is 7.09. The van der Waals surface area contributed by atoms with E-state index in [1.807, 2.05) is 4.90 Å². The molecule has 3 heterocycles. The van der Waals surface area contributed by atoms with Crippen molar-refractivity contribution in [3.05, 3.63) is 12.4 Å². The van der Waals surface area contributed by atoms with E-state index < -0.39 is 0 Å². The van der Waals surface area contributed by atoms with E-state index in [2.05, 4.69) is 20.5 Å². The molecule has 1 saturated carbocycles. The predicted molar refractivity (Wildman–Crippen MR) is 101 cm³/mol. The molecule has 2 saturated heterocycles. The SMILES string of the molecule is O=C(Cn1ccnn1)NCC1CN(CC2CCN(CC3CC3)CC2)C(=O)CO1. The third-order valence-electron chi connectivity index (χ3n) is 5.92. The second-order valence-electron chi connectivity index (χ2n) is 8.32. The Morgan fingerprint density at radius 1 is 1.18 bits per heavy atom. The fourth-order valence-electron chi connectivity index (χ4n) is 4.06. The van der Waals surface area contributed by atoms with Crippen molar-refractivity contribution in [3.8, 4) is 0 Å². The predicted octanol–water partition coefficient (Wildman–Crippen LogP) is -0.256. The van der Waals surface area contributed by atoms with E-state index in [1.165, 1.54) is 30.3 Å². The third kappa shape index (κ3) is 5.51. The van der Waals surface area contributed by atoms with Gasteiger partial charge in [-0.25, -0.2) is 4.68 Å². The number of amides is 2. The largest absolute Gasteiger partial charge is 0.365 e. The van der Waals surface area contributed by atoms with Crippen molar-refractivity contribution < 1.29 is 14.3 Å². The molecule has 3 fully saturated rings. The van der Waals surface area contributed by atoms with Gasteiger partial charge in [-0.2, -0.15) is 0 Å². The van der Waals surface area contributed by atoms with Gasteiger partial charge in [0.05, 0.1) is 12.3 Å². The van der Waals surface area contributed by atoms with Crippen LogP contribution in [0.4, 0.5) is 0 Å². The summed E-state index contributed by atoms with van der Waals surface area (Å²) in [5.74, 6) is 1.43. The Morgan fingerprint density at radius 3 is 2.68 bits per heavy atom. The van der Waals surface area contributed by atoms with Crippen LogP contribution in [-0.2, 0) is 20.9 Å². The molecule has 0 bridgehead atoms. The summed E-state index contributed by atoms with van der Waals surface area (Å²) in [6.45, 7) is 5.56. The summed E-state index contributed by atoms with van der Waals surface area (Å²) in [6.07, 6.45) is 8.16. The lowest BCUT2D eigenvalue weighted by atomic mass is 9.95. The fraction of sp³-hybridized carbons (Fsp3) is 0.789. The molecular weight excluding hydrogens is 360 g/mol. The van der Waals surface area contributed by atoms with E-state index in [9.17, 15) is 9.59 Å². The van der Waals surface area contributed by atoms with Crippen molar-refractivity contribution in [1.29, 1.82) is 0 Å². The highest BCUT2D eigenvalue weighted by molar-refractivity contribution is 5.78. The van der Waals surface area contributed by atoms with Gasteiger partial charge in [-0.1, -0.05) is 5.21 Å². The van der Waals surface area contributed by atoms with E-state index in [0.717, 1.165) is 38.4 Å². The highest BCUT2D eigenvalue weighted by atomic mass is 16.5. The molecule has 1 aliphatic carbocycles. The number of hydrogen-bond acceptors (Lipinski definition) is 6. The molecule has 2 aliphatic heterocycles. The summed E-state index contributed by atoms with van der Waals surface area (Å²) in [5, 5.41) is 10.3. The number of nitrogens with zero attached hydrogens (tertiary/aromatic N) is 5. The molecule has 28 heavy (non-hydrogen) atoms. The van der Waals surface area contributed by atoms with Crippen LogP contribution < -0.4 is 5.32 Å². The maximum atomic E-state index is 12.3. The van der Waals surface area contributed by atoms with Crippen LogP contribution in [0.2, 0.25) is 0 Å². The van der Waals surface area contributed by atoms with Gasteiger partial charge < -0.3 is 19.9 Å². The van der Waals surface area contributed by atoms with E-state index in [-0.39, 0.29) is 31.1 Å². The average Bonchev–Trinajstić information content (AvgIpc) is 3.36. The molecule has 3 aliphatic rings. The first-order valence-electron chi connectivity index (χ1n) is 10.4. The van der Waals surface area contributed by atoms with Crippen LogP contribution >= 0.6 is 0 Å². The van der Waals surface area contributed by atoms with Gasteiger partial charge in [0, 0.05) is 32.4 Å². The van der Waals surface area contributed by atoms with Crippen molar-refractivity contribution in [1.82, 2.24) is 30.1 Å². The maximum absolute atomic E-state index is 12.3. The summed E-state index contributed by atoms with van der Waals surface area (Å²) in [5.41, 5.74) is 0. The number of nitrogens with one attached hydrogen (secondary N) is 1. The van der Waals surface area contributed by atoms with Crippen LogP contribution in [0.3, 0.4) is 0 Å². The number of carbonyl (C=O) groups excluding carboxylic acids is 2. The summed E-state index contributed by atoms with van der Waals surface area (Å²) in [6, 6.07) is 0. The van der Waals surface area contributed by atoms with Gasteiger partial charge in [-0.05, 0) is 50.6 Å². The number of piperidine rings is 1. The Bertz CT molecular complexity index is 655. The molecule has 0 spiro atoms. The Balaban J connectivity index is 1.18. The minimum Gasteiger partial charge on any atom is -0.365 e. The molecule has 2 amide bonds. The van der Waals surface area contributed by atoms with Crippen LogP contribution in [0, 0.1) is 11.8 Å². The van der Waals surface area contributed by atoms with Crippen LogP contribution in [0.1, 0.15) is 25.7 Å². The lowest BCUT2D eigenvalue weighted by Crippen LogP contribution is -2.52. The first-order valence-corrected chi connectivity index (χ1v) is 10.4. The zero-order chi connectivity index (χ0) is 19.3. The molecule has 1 aromatic heterocycles. The summed E-state index contributed by atoms with van der Waals surface area (Å²) in [7, 11) is 0. The first-order chi connectivity index (χ1) is 13.7. The number of morpholine rings is 1. The first kappa shape index (κ1) is 19.3. The Kier molecular flexibility index (Phi) is 6.21. The second-order valence-corrected chi connectivity index (χ2v) is 8.32. The lowest BCUT2D eigenvalue weighted by molar-refractivity contribution is -0.150. The third-order valence-corrected chi connectivity index (χ3v) is 5.92. The van der Waals surface area contributed by atoms with Crippen molar-refractivity contribution in [3.63, 3.8) is 0 Å². The molecule has 154 valence electrons. The van der Waals surface area contributed by atoms with Gasteiger partial charge in [-0.3, -0.25) is 9.59 Å². The van der Waals surface area contributed by atoms with Gasteiger partial charge in [0.2, 0.25) is 11.8 Å². The topological polar surface area (TPSA) is 92.6 Å². The summed E-state index contributed by atoms with van der Waals surface area (Å²) >= 11 is 0. The zero-order valence-electron chi connectivity index (χ0n) is 16.3. The van der Waals surface area contributed by atoms with Crippen LogP contribution in [0.25, 0.3) is 0 Å². The Hall–Kier alpha value is -2.00. The molecule has 1 unspecified atom stereocenters.